The molecule has 0 radical (unpaired) electrons. The summed E-state index contributed by atoms with van der Waals surface area (Å²) in [4.78, 5) is 0. The Morgan fingerprint density at radius 3 is 2.92 bits per heavy atom. The van der Waals surface area contributed by atoms with Crippen LogP contribution >= 0.6 is 0 Å². The van der Waals surface area contributed by atoms with Gasteiger partial charge in [0.1, 0.15) is 0 Å². The summed E-state index contributed by atoms with van der Waals surface area (Å²) >= 11 is 0. The van der Waals surface area contributed by atoms with Crippen LogP contribution in [0.5, 0.6) is 11.5 Å². The first-order chi connectivity index (χ1) is 6.31. The molecule has 2 rings (SSSR count). The summed E-state index contributed by atoms with van der Waals surface area (Å²) in [7, 11) is 0. The zero-order valence-corrected chi connectivity index (χ0v) is 7.36. The molecule has 0 bridgehead atoms. The van der Waals surface area contributed by atoms with Crippen molar-refractivity contribution in [3.63, 3.8) is 0 Å². The van der Waals surface area contributed by atoms with Crippen LogP contribution in [0.2, 0.25) is 0 Å². The predicted molar refractivity (Wildman–Crippen MR) is 47.4 cm³/mol. The normalized spacial score (nSPS) is 13.1. The van der Waals surface area contributed by atoms with Crippen molar-refractivity contribution >= 4 is 5.69 Å². The van der Waals surface area contributed by atoms with Gasteiger partial charge in [0, 0.05) is 12.6 Å². The second-order valence-corrected chi connectivity index (χ2v) is 2.75. The molecular weight excluding hydrogens is 170 g/mol. The Hall–Kier alpha value is -1.42. The number of hydroxylamine groups is 1. The average Bonchev–Trinajstić information content (AvgIpc) is 2.63. The third kappa shape index (κ3) is 1.40. The molecule has 0 atom stereocenters. The number of nitrogens with zero attached hydrogens (tertiary/aromatic N) is 1. The summed E-state index contributed by atoms with van der Waals surface area (Å²) in [6, 6.07) is 5.33. The quantitative estimate of drug-likeness (QED) is 0.704. The molecule has 1 aromatic carbocycles. The Kier molecular flexibility index (Phi) is 1.98. The third-order valence-electron chi connectivity index (χ3n) is 1.95. The maximum atomic E-state index is 9.40. The largest absolute Gasteiger partial charge is 0.454 e. The van der Waals surface area contributed by atoms with E-state index in [0.29, 0.717) is 18.0 Å². The molecule has 0 amide bonds. The first-order valence-corrected chi connectivity index (χ1v) is 4.17. The molecule has 4 heteroatoms. The van der Waals surface area contributed by atoms with E-state index in [9.17, 15) is 5.21 Å². The van der Waals surface area contributed by atoms with Crippen molar-refractivity contribution in [3.8, 4) is 11.5 Å². The van der Waals surface area contributed by atoms with Gasteiger partial charge in [-0.05, 0) is 19.1 Å². The average molecular weight is 181 g/mol. The summed E-state index contributed by atoms with van der Waals surface area (Å²) in [5.74, 6) is 1.42. The lowest BCUT2D eigenvalue weighted by atomic mass is 10.3. The summed E-state index contributed by atoms with van der Waals surface area (Å²) in [5, 5.41) is 10.6. The van der Waals surface area contributed by atoms with E-state index in [0.717, 1.165) is 10.8 Å². The molecule has 0 aliphatic carbocycles. The number of rotatable bonds is 2. The topological polar surface area (TPSA) is 41.9 Å². The first-order valence-electron chi connectivity index (χ1n) is 4.17. The number of hydrogen-bond acceptors (Lipinski definition) is 4. The van der Waals surface area contributed by atoms with E-state index in [2.05, 4.69) is 0 Å². The number of ether oxygens (including phenoxy) is 2. The van der Waals surface area contributed by atoms with Crippen LogP contribution in [0.3, 0.4) is 0 Å². The summed E-state index contributed by atoms with van der Waals surface area (Å²) < 4.78 is 10.3. The standard InChI is InChI=1S/C9H11NO3/c1-2-10(11)7-3-4-8-9(5-7)13-6-12-8/h3-5,11H,2,6H2,1H3. The Morgan fingerprint density at radius 2 is 2.15 bits per heavy atom. The highest BCUT2D eigenvalue weighted by molar-refractivity contribution is 5.55. The molecule has 0 saturated heterocycles. The van der Waals surface area contributed by atoms with Crippen molar-refractivity contribution in [2.75, 3.05) is 18.4 Å². The zero-order chi connectivity index (χ0) is 9.26. The lowest BCUT2D eigenvalue weighted by molar-refractivity contribution is 0.174. The first kappa shape index (κ1) is 8.19. The van der Waals surface area contributed by atoms with Crippen LogP contribution in [0, 0.1) is 0 Å². The van der Waals surface area contributed by atoms with Crippen LogP contribution in [0.1, 0.15) is 6.92 Å². The van der Waals surface area contributed by atoms with Crippen LogP contribution in [0.15, 0.2) is 18.2 Å². The van der Waals surface area contributed by atoms with Gasteiger partial charge in [-0.3, -0.25) is 10.3 Å². The number of anilines is 1. The van der Waals surface area contributed by atoms with Gasteiger partial charge in [-0.25, -0.2) is 0 Å². The van der Waals surface area contributed by atoms with Gasteiger partial charge >= 0.3 is 0 Å². The van der Waals surface area contributed by atoms with E-state index in [4.69, 9.17) is 9.47 Å². The molecule has 4 nitrogen and oxygen atoms in total. The highest BCUT2D eigenvalue weighted by Gasteiger charge is 2.14. The SMILES string of the molecule is CCN(O)c1ccc2c(c1)OCO2. The van der Waals surface area contributed by atoms with Gasteiger partial charge in [0.15, 0.2) is 11.5 Å². The Bertz CT molecular complexity index is 314. The van der Waals surface area contributed by atoms with Crippen LogP contribution in [-0.2, 0) is 0 Å². The maximum absolute atomic E-state index is 9.40. The second-order valence-electron chi connectivity index (χ2n) is 2.75. The summed E-state index contributed by atoms with van der Waals surface area (Å²) in [5.41, 5.74) is 0.715. The fourth-order valence-corrected chi connectivity index (χ4v) is 1.23. The minimum absolute atomic E-state index is 0.260. The van der Waals surface area contributed by atoms with Crippen LogP contribution < -0.4 is 14.5 Å². The molecule has 0 aromatic heterocycles. The van der Waals surface area contributed by atoms with Crippen LogP contribution in [0.25, 0.3) is 0 Å². The number of benzene rings is 1. The van der Waals surface area contributed by atoms with Gasteiger partial charge < -0.3 is 9.47 Å². The zero-order valence-electron chi connectivity index (χ0n) is 7.36. The molecule has 13 heavy (non-hydrogen) atoms. The van der Waals surface area contributed by atoms with E-state index in [1.54, 1.807) is 18.2 Å². The Morgan fingerprint density at radius 1 is 1.38 bits per heavy atom. The molecule has 1 aliphatic heterocycles. The molecule has 0 saturated carbocycles. The lowest BCUT2D eigenvalue weighted by Crippen LogP contribution is -2.16. The molecule has 1 N–H and O–H groups in total. The highest BCUT2D eigenvalue weighted by Crippen LogP contribution is 2.34. The van der Waals surface area contributed by atoms with Gasteiger partial charge in [0.05, 0.1) is 5.69 Å². The molecule has 1 aliphatic rings. The Balaban J connectivity index is 2.30. The lowest BCUT2D eigenvalue weighted by Gasteiger charge is -2.14. The van der Waals surface area contributed by atoms with Crippen molar-refractivity contribution in [3.05, 3.63) is 18.2 Å². The minimum atomic E-state index is 0.260. The van der Waals surface area contributed by atoms with Crippen molar-refractivity contribution in [2.45, 2.75) is 6.92 Å². The monoisotopic (exact) mass is 181 g/mol. The van der Waals surface area contributed by atoms with E-state index in [1.807, 2.05) is 6.92 Å². The molecule has 0 fully saturated rings. The van der Waals surface area contributed by atoms with Crippen molar-refractivity contribution in [2.24, 2.45) is 0 Å². The van der Waals surface area contributed by atoms with E-state index in [-0.39, 0.29) is 6.79 Å². The molecule has 0 unspecified atom stereocenters. The van der Waals surface area contributed by atoms with E-state index < -0.39 is 0 Å². The molecule has 0 spiro atoms. The van der Waals surface area contributed by atoms with Crippen LogP contribution in [-0.4, -0.2) is 18.5 Å². The fraction of sp³-hybridized carbons (Fsp3) is 0.333. The maximum Gasteiger partial charge on any atom is 0.231 e. The van der Waals surface area contributed by atoms with Gasteiger partial charge in [-0.1, -0.05) is 0 Å². The molecule has 70 valence electrons. The summed E-state index contributed by atoms with van der Waals surface area (Å²) in [6.45, 7) is 2.67. The highest BCUT2D eigenvalue weighted by atomic mass is 16.7. The molecular formula is C9H11NO3. The fourth-order valence-electron chi connectivity index (χ4n) is 1.23. The van der Waals surface area contributed by atoms with Gasteiger partial charge in [-0.2, -0.15) is 0 Å². The van der Waals surface area contributed by atoms with Crippen molar-refractivity contribution < 1.29 is 14.7 Å². The second kappa shape index (κ2) is 3.14. The summed E-state index contributed by atoms with van der Waals surface area (Å²) in [6.07, 6.45) is 0. The minimum Gasteiger partial charge on any atom is -0.454 e. The molecule has 1 heterocycles. The van der Waals surface area contributed by atoms with Crippen molar-refractivity contribution in [1.82, 2.24) is 0 Å². The predicted octanol–water partition coefficient (Wildman–Crippen LogP) is 1.63. The van der Waals surface area contributed by atoms with Gasteiger partial charge in [-0.15, -0.1) is 0 Å². The van der Waals surface area contributed by atoms with E-state index in [1.165, 1.54) is 0 Å². The smallest absolute Gasteiger partial charge is 0.231 e. The van der Waals surface area contributed by atoms with E-state index >= 15 is 0 Å². The van der Waals surface area contributed by atoms with Gasteiger partial charge in [0.25, 0.3) is 0 Å². The van der Waals surface area contributed by atoms with Crippen molar-refractivity contribution in [1.29, 1.82) is 0 Å². The Labute approximate surface area is 76.3 Å². The molecule has 1 aromatic rings. The number of hydrogen-bond donors (Lipinski definition) is 1. The van der Waals surface area contributed by atoms with Crippen LogP contribution in [0.4, 0.5) is 5.69 Å². The third-order valence-corrected chi connectivity index (χ3v) is 1.95. The van der Waals surface area contributed by atoms with Gasteiger partial charge in [0.2, 0.25) is 6.79 Å². The number of fused-ring (bicyclic) bond motifs is 1.